The van der Waals surface area contributed by atoms with Crippen LogP contribution < -0.4 is 5.43 Å². The van der Waals surface area contributed by atoms with Gasteiger partial charge in [-0.3, -0.25) is 9.59 Å². The van der Waals surface area contributed by atoms with Crippen molar-refractivity contribution in [3.63, 3.8) is 0 Å². The highest BCUT2D eigenvalue weighted by molar-refractivity contribution is 6.08. The third-order valence-electron chi connectivity index (χ3n) is 3.27. The molecule has 0 aromatic carbocycles. The van der Waals surface area contributed by atoms with Gasteiger partial charge in [0.05, 0.1) is 19.9 Å². The summed E-state index contributed by atoms with van der Waals surface area (Å²) in [5.41, 5.74) is 4.45. The van der Waals surface area contributed by atoms with Crippen LogP contribution in [-0.4, -0.2) is 37.0 Å². The first-order valence-corrected chi connectivity index (χ1v) is 7.45. The lowest BCUT2D eigenvalue weighted by molar-refractivity contribution is -0.142. The molecule has 1 N–H and O–H groups in total. The van der Waals surface area contributed by atoms with Crippen LogP contribution in [0.5, 0.6) is 0 Å². The molecule has 122 valence electrons. The van der Waals surface area contributed by atoms with Crippen molar-refractivity contribution in [3.8, 4) is 0 Å². The van der Waals surface area contributed by atoms with E-state index < -0.39 is 5.97 Å². The van der Waals surface area contributed by atoms with E-state index in [9.17, 15) is 9.59 Å². The summed E-state index contributed by atoms with van der Waals surface area (Å²) in [6.45, 7) is 6.04. The highest BCUT2D eigenvalue weighted by Gasteiger charge is 2.32. The predicted octanol–water partition coefficient (Wildman–Crippen LogP) is 2.06. The van der Waals surface area contributed by atoms with E-state index in [4.69, 9.17) is 4.74 Å². The molecule has 0 radical (unpaired) electrons. The van der Waals surface area contributed by atoms with Gasteiger partial charge in [-0.25, -0.2) is 10.4 Å². The summed E-state index contributed by atoms with van der Waals surface area (Å²) in [7, 11) is 2.84. The van der Waals surface area contributed by atoms with Crippen LogP contribution >= 0.6 is 0 Å². The number of methoxy groups -OCH3 is 2. The summed E-state index contributed by atoms with van der Waals surface area (Å²) in [5.74, 6) is -0.192. The predicted molar refractivity (Wildman–Crippen MR) is 83.3 cm³/mol. The highest BCUT2D eigenvalue weighted by Crippen LogP contribution is 2.30. The van der Waals surface area contributed by atoms with Crippen molar-refractivity contribution in [3.05, 3.63) is 35.4 Å². The summed E-state index contributed by atoms with van der Waals surface area (Å²) < 4.78 is 9.80. The first-order valence-electron chi connectivity index (χ1n) is 7.45. The number of allylic oxidation sites excluding steroid dienone is 3. The number of esters is 1. The lowest BCUT2D eigenvalue weighted by Crippen LogP contribution is -2.38. The van der Waals surface area contributed by atoms with E-state index in [1.807, 2.05) is 26.8 Å². The largest absolute Gasteiger partial charge is 0.481 e. The molecule has 0 spiro atoms. The molecular weight excluding hydrogens is 284 g/mol. The molecule has 1 unspecified atom stereocenters. The number of hydrazine groups is 1. The Morgan fingerprint density at radius 2 is 1.95 bits per heavy atom. The van der Waals surface area contributed by atoms with Gasteiger partial charge in [-0.05, 0) is 18.6 Å². The minimum Gasteiger partial charge on any atom is -0.481 e. The fraction of sp³-hybridized carbons (Fsp3) is 0.500. The van der Waals surface area contributed by atoms with E-state index in [0.717, 1.165) is 12.1 Å². The topological polar surface area (TPSA) is 67.9 Å². The summed E-state index contributed by atoms with van der Waals surface area (Å²) in [6.07, 6.45) is 5.96. The molecule has 6 nitrogen and oxygen atoms in total. The minimum atomic E-state index is -0.539. The first-order chi connectivity index (χ1) is 10.6. The second-order valence-corrected chi connectivity index (χ2v) is 4.50. The molecule has 2 heterocycles. The monoisotopic (exact) mass is 308 g/mol. The molecule has 2 rings (SSSR count). The van der Waals surface area contributed by atoms with Gasteiger partial charge in [0.1, 0.15) is 6.42 Å². The Bertz CT molecular complexity index is 520. The quantitative estimate of drug-likeness (QED) is 0.619. The number of ether oxygens (including phenoxy) is 2. The summed E-state index contributed by atoms with van der Waals surface area (Å²) >= 11 is 0. The molecular formula is C16H24N2O4. The Hall–Kier alpha value is -2.08. The zero-order valence-electron chi connectivity index (χ0n) is 13.8. The number of carbonyl (C=O) groups is 2. The first kappa shape index (κ1) is 18.0. The SMILES string of the molecule is CC.CCC1C=C2C(C(=O)CC(=O)OC)=CC=C(OC)N2N1. The van der Waals surface area contributed by atoms with Crippen LogP contribution in [-0.2, 0) is 19.1 Å². The zero-order valence-corrected chi connectivity index (χ0v) is 13.8. The van der Waals surface area contributed by atoms with Crippen LogP contribution in [0.15, 0.2) is 35.4 Å². The Morgan fingerprint density at radius 1 is 1.27 bits per heavy atom. The number of hydrogen-bond donors (Lipinski definition) is 1. The Kier molecular flexibility index (Phi) is 6.85. The Labute approximate surface area is 131 Å². The van der Waals surface area contributed by atoms with E-state index in [1.54, 1.807) is 24.3 Å². The lowest BCUT2D eigenvalue weighted by atomic mass is 10.0. The minimum absolute atomic E-state index is 0.135. The molecule has 22 heavy (non-hydrogen) atoms. The molecule has 0 bridgehead atoms. The Balaban J connectivity index is 0.00000116. The van der Waals surface area contributed by atoms with Crippen LogP contribution in [0.25, 0.3) is 0 Å². The standard InChI is InChI=1S/C14H18N2O4.C2H6/c1-4-9-7-11-10(12(17)8-14(18)20-3)5-6-13(19-2)16(11)15-9;1-2/h5-7,9,15H,4,8H2,1-3H3;1-2H3. The van der Waals surface area contributed by atoms with Gasteiger partial charge in [-0.15, -0.1) is 0 Å². The Morgan fingerprint density at radius 3 is 2.50 bits per heavy atom. The van der Waals surface area contributed by atoms with Gasteiger partial charge in [0.2, 0.25) is 5.88 Å². The van der Waals surface area contributed by atoms with Gasteiger partial charge in [0, 0.05) is 17.7 Å². The van der Waals surface area contributed by atoms with Gasteiger partial charge in [0.25, 0.3) is 0 Å². The number of carbonyl (C=O) groups excluding carboxylic acids is 2. The van der Waals surface area contributed by atoms with Crippen molar-refractivity contribution in [1.29, 1.82) is 0 Å². The van der Waals surface area contributed by atoms with Gasteiger partial charge in [-0.2, -0.15) is 0 Å². The maximum Gasteiger partial charge on any atom is 0.313 e. The fourth-order valence-electron chi connectivity index (χ4n) is 2.15. The maximum absolute atomic E-state index is 12.2. The van der Waals surface area contributed by atoms with E-state index in [1.165, 1.54) is 7.11 Å². The molecule has 6 heteroatoms. The molecule has 0 fully saturated rings. The third-order valence-corrected chi connectivity index (χ3v) is 3.27. The van der Waals surface area contributed by atoms with Crippen molar-refractivity contribution in [2.24, 2.45) is 0 Å². The molecule has 0 aromatic heterocycles. The molecule has 0 saturated carbocycles. The second kappa shape index (κ2) is 8.38. The number of Topliss-reactive ketones (excluding diaryl/α,β-unsaturated/α-hetero) is 1. The summed E-state index contributed by atoms with van der Waals surface area (Å²) in [4.78, 5) is 23.4. The van der Waals surface area contributed by atoms with Gasteiger partial charge in [0.15, 0.2) is 5.78 Å². The normalized spacial score (nSPS) is 19.0. The molecule has 0 saturated heterocycles. The van der Waals surface area contributed by atoms with Crippen LogP contribution in [0, 0.1) is 0 Å². The number of fused-ring (bicyclic) bond motifs is 1. The van der Waals surface area contributed by atoms with Crippen LogP contribution in [0.3, 0.4) is 0 Å². The lowest BCUT2D eigenvalue weighted by Gasteiger charge is -2.28. The van der Waals surface area contributed by atoms with Crippen molar-refractivity contribution in [2.45, 2.75) is 39.7 Å². The van der Waals surface area contributed by atoms with Crippen molar-refractivity contribution in [1.82, 2.24) is 10.4 Å². The second-order valence-electron chi connectivity index (χ2n) is 4.50. The number of rotatable bonds is 5. The smallest absolute Gasteiger partial charge is 0.313 e. The molecule has 0 aliphatic carbocycles. The number of nitrogens with one attached hydrogen (secondary N) is 1. The van der Waals surface area contributed by atoms with Gasteiger partial charge in [-0.1, -0.05) is 20.8 Å². The van der Waals surface area contributed by atoms with E-state index in [-0.39, 0.29) is 18.2 Å². The average Bonchev–Trinajstić information content (AvgIpc) is 2.99. The fourth-order valence-corrected chi connectivity index (χ4v) is 2.15. The molecule has 0 aromatic rings. The molecule has 1 atom stereocenters. The number of ketones is 1. The maximum atomic E-state index is 12.2. The number of hydrogen-bond acceptors (Lipinski definition) is 6. The zero-order chi connectivity index (χ0) is 16.7. The van der Waals surface area contributed by atoms with Crippen molar-refractivity contribution >= 4 is 11.8 Å². The highest BCUT2D eigenvalue weighted by atomic mass is 16.5. The van der Waals surface area contributed by atoms with Crippen LogP contribution in [0.1, 0.15) is 33.6 Å². The van der Waals surface area contributed by atoms with Gasteiger partial charge < -0.3 is 9.47 Å². The number of nitrogens with zero attached hydrogens (tertiary/aromatic N) is 1. The molecule has 0 amide bonds. The summed E-state index contributed by atoms with van der Waals surface area (Å²) in [6, 6.07) is 0.135. The van der Waals surface area contributed by atoms with E-state index >= 15 is 0 Å². The average molecular weight is 308 g/mol. The van der Waals surface area contributed by atoms with Crippen LogP contribution in [0.4, 0.5) is 0 Å². The van der Waals surface area contributed by atoms with Crippen LogP contribution in [0.2, 0.25) is 0 Å². The van der Waals surface area contributed by atoms with E-state index in [2.05, 4.69) is 10.2 Å². The van der Waals surface area contributed by atoms with Crippen molar-refractivity contribution in [2.75, 3.05) is 14.2 Å². The van der Waals surface area contributed by atoms with Crippen molar-refractivity contribution < 1.29 is 19.1 Å². The summed E-state index contributed by atoms with van der Waals surface area (Å²) in [5, 5.41) is 1.73. The third kappa shape index (κ3) is 3.76. The molecule has 2 aliphatic rings. The van der Waals surface area contributed by atoms with Gasteiger partial charge >= 0.3 is 5.97 Å². The van der Waals surface area contributed by atoms with E-state index in [0.29, 0.717) is 11.5 Å². The molecule has 2 aliphatic heterocycles.